The molecule has 15 heteroatoms. The highest BCUT2D eigenvalue weighted by Crippen LogP contribution is 2.26. The predicted octanol–water partition coefficient (Wildman–Crippen LogP) is 9.05. The number of allylic oxidation sites excluding steroid dienone is 8. The maximum Gasteiger partial charge on any atom is 0.306 e. The molecule has 0 saturated carbocycles. The summed E-state index contributed by atoms with van der Waals surface area (Å²) in [6.07, 6.45) is 32.6. The van der Waals surface area contributed by atoms with Crippen LogP contribution in [-0.4, -0.2) is 142 Å². The van der Waals surface area contributed by atoms with E-state index in [1.54, 1.807) is 0 Å². The van der Waals surface area contributed by atoms with Crippen molar-refractivity contribution in [1.82, 2.24) is 0 Å². The standard InChI is InChI=1S/C57H100O15/c1-3-5-7-9-11-13-15-17-19-21-22-24-26-28-30-32-34-36-38-40-49(60)70-45(42-67-48(59)39-37-35-33-31-29-27-25-23-20-18-16-14-12-10-8-6-4-2)43-68-56-55(66)53(64)51(62)47(72-56)44-69-57-54(65)52(63)50(61)46(41-58)71-57/h11,13,17-20,22,24,45-47,50-58,61-66H,3-10,12,14-16,21,23,25-44H2,1-2H3/b13-11-,19-17-,20-18-,24-22-. The average Bonchev–Trinajstić information content (AvgIpc) is 3.37. The van der Waals surface area contributed by atoms with Crippen LogP contribution >= 0.6 is 0 Å². The van der Waals surface area contributed by atoms with Gasteiger partial charge in [0.05, 0.1) is 19.8 Å². The minimum atomic E-state index is -1.77. The lowest BCUT2D eigenvalue weighted by molar-refractivity contribution is -0.332. The monoisotopic (exact) mass is 1020 g/mol. The van der Waals surface area contributed by atoms with Crippen LogP contribution in [0.3, 0.4) is 0 Å². The third kappa shape index (κ3) is 30.7. The predicted molar refractivity (Wildman–Crippen MR) is 280 cm³/mol. The van der Waals surface area contributed by atoms with Gasteiger partial charge in [0.1, 0.15) is 55.4 Å². The molecule has 0 amide bonds. The number of esters is 2. The Balaban J connectivity index is 1.78. The number of unbranched alkanes of at least 4 members (excludes halogenated alkanes) is 22. The number of aliphatic hydroxyl groups is 7. The number of aliphatic hydroxyl groups excluding tert-OH is 7. The van der Waals surface area contributed by atoms with E-state index in [-0.39, 0.29) is 26.1 Å². The van der Waals surface area contributed by atoms with Gasteiger partial charge in [-0.1, -0.05) is 165 Å². The Morgan fingerprint density at radius 3 is 1.35 bits per heavy atom. The van der Waals surface area contributed by atoms with E-state index < -0.39 is 92.7 Å². The van der Waals surface area contributed by atoms with Crippen LogP contribution in [0.1, 0.15) is 206 Å². The van der Waals surface area contributed by atoms with Crippen LogP contribution in [0.2, 0.25) is 0 Å². The molecule has 418 valence electrons. The van der Waals surface area contributed by atoms with E-state index in [2.05, 4.69) is 62.5 Å². The average molecular weight is 1030 g/mol. The molecule has 7 N–H and O–H groups in total. The van der Waals surface area contributed by atoms with E-state index in [1.165, 1.54) is 89.9 Å². The van der Waals surface area contributed by atoms with Gasteiger partial charge in [0.2, 0.25) is 0 Å². The number of carbonyl (C=O) groups excluding carboxylic acids is 2. The van der Waals surface area contributed by atoms with Crippen molar-refractivity contribution in [3.63, 3.8) is 0 Å². The van der Waals surface area contributed by atoms with Crippen LogP contribution in [0.4, 0.5) is 0 Å². The SMILES string of the molecule is CCCCC/C=C\C/C=C\C/C=C\CCCCCCCCC(=O)OC(COC(=O)CCCCCCCCC/C=C\CCCCCCCC)COC1OC(COC2OC(CO)C(O)C(O)C2O)C(O)C(O)C1O. The zero-order chi connectivity index (χ0) is 52.4. The molecule has 2 saturated heterocycles. The normalized spacial score (nSPS) is 25.3. The summed E-state index contributed by atoms with van der Waals surface area (Å²) in [6, 6.07) is 0. The van der Waals surface area contributed by atoms with E-state index in [0.717, 1.165) is 77.0 Å². The fraction of sp³-hybridized carbons (Fsp3) is 0.825. The van der Waals surface area contributed by atoms with E-state index in [1.807, 2.05) is 0 Å². The van der Waals surface area contributed by atoms with Crippen molar-refractivity contribution in [2.45, 2.75) is 274 Å². The van der Waals surface area contributed by atoms with E-state index >= 15 is 0 Å². The Morgan fingerprint density at radius 2 is 0.833 bits per heavy atom. The molecule has 72 heavy (non-hydrogen) atoms. The molecule has 0 aromatic carbocycles. The molecule has 11 atom stereocenters. The summed E-state index contributed by atoms with van der Waals surface area (Å²) in [7, 11) is 0. The van der Waals surface area contributed by atoms with Crippen molar-refractivity contribution in [2.75, 3.05) is 26.4 Å². The Morgan fingerprint density at radius 1 is 0.444 bits per heavy atom. The summed E-state index contributed by atoms with van der Waals surface area (Å²) in [6.45, 7) is 2.56. The number of hydrogen-bond donors (Lipinski definition) is 7. The van der Waals surface area contributed by atoms with Gasteiger partial charge in [-0.2, -0.15) is 0 Å². The molecule has 0 spiro atoms. The third-order valence-corrected chi connectivity index (χ3v) is 13.3. The maximum atomic E-state index is 13.1. The first-order chi connectivity index (χ1) is 35.0. The largest absolute Gasteiger partial charge is 0.462 e. The second-order valence-corrected chi connectivity index (χ2v) is 19.8. The van der Waals surface area contributed by atoms with Crippen molar-refractivity contribution in [3.8, 4) is 0 Å². The fourth-order valence-corrected chi connectivity index (χ4v) is 8.63. The van der Waals surface area contributed by atoms with Gasteiger partial charge in [0, 0.05) is 12.8 Å². The molecule has 0 aromatic rings. The Labute approximate surface area is 433 Å². The second-order valence-electron chi connectivity index (χ2n) is 19.8. The molecule has 2 rings (SSSR count). The second kappa shape index (κ2) is 43.7. The van der Waals surface area contributed by atoms with Crippen molar-refractivity contribution in [1.29, 1.82) is 0 Å². The first-order valence-corrected chi connectivity index (χ1v) is 28.2. The van der Waals surface area contributed by atoms with Gasteiger partial charge < -0.3 is 64.2 Å². The summed E-state index contributed by atoms with van der Waals surface area (Å²) in [5, 5.41) is 72.2. The first-order valence-electron chi connectivity index (χ1n) is 28.2. The van der Waals surface area contributed by atoms with Gasteiger partial charge in [-0.25, -0.2) is 0 Å². The fourth-order valence-electron chi connectivity index (χ4n) is 8.63. The van der Waals surface area contributed by atoms with Crippen molar-refractivity contribution < 1.29 is 73.8 Å². The topological polar surface area (TPSA) is 231 Å². The molecule has 2 fully saturated rings. The Hall–Kier alpha value is -2.54. The molecule has 11 unspecified atom stereocenters. The Bertz CT molecular complexity index is 1440. The third-order valence-electron chi connectivity index (χ3n) is 13.3. The zero-order valence-corrected chi connectivity index (χ0v) is 44.4. The quantitative estimate of drug-likeness (QED) is 0.0171. The first kappa shape index (κ1) is 65.6. The highest BCUT2D eigenvalue weighted by Gasteiger charge is 2.47. The molecule has 0 radical (unpaired) electrons. The van der Waals surface area contributed by atoms with Gasteiger partial charge in [-0.05, 0) is 77.0 Å². The minimum absolute atomic E-state index is 0.149. The van der Waals surface area contributed by atoms with E-state index in [4.69, 9.17) is 28.4 Å². The van der Waals surface area contributed by atoms with Crippen LogP contribution in [0.5, 0.6) is 0 Å². The number of hydrogen-bond acceptors (Lipinski definition) is 15. The van der Waals surface area contributed by atoms with Gasteiger partial charge in [-0.15, -0.1) is 0 Å². The highest BCUT2D eigenvalue weighted by atomic mass is 16.7. The van der Waals surface area contributed by atoms with Gasteiger partial charge >= 0.3 is 11.9 Å². The lowest BCUT2D eigenvalue weighted by atomic mass is 9.98. The maximum absolute atomic E-state index is 13.1. The lowest BCUT2D eigenvalue weighted by Gasteiger charge is -2.42. The number of carbonyl (C=O) groups is 2. The zero-order valence-electron chi connectivity index (χ0n) is 44.4. The summed E-state index contributed by atoms with van der Waals surface area (Å²) in [4.78, 5) is 25.9. The molecule has 0 bridgehead atoms. The molecule has 2 aliphatic heterocycles. The molecule has 0 aromatic heterocycles. The van der Waals surface area contributed by atoms with E-state index in [0.29, 0.717) is 12.8 Å². The van der Waals surface area contributed by atoms with Crippen LogP contribution in [-0.2, 0) is 38.0 Å². The molecular weight excluding hydrogens is 925 g/mol. The Kier molecular flexibility index (Phi) is 39.8. The van der Waals surface area contributed by atoms with E-state index in [9.17, 15) is 45.3 Å². The van der Waals surface area contributed by atoms with Gasteiger partial charge in [0.15, 0.2) is 18.7 Å². The van der Waals surface area contributed by atoms with Gasteiger partial charge in [-0.3, -0.25) is 9.59 Å². The smallest absolute Gasteiger partial charge is 0.306 e. The number of ether oxygens (including phenoxy) is 6. The molecular formula is C57H100O15. The van der Waals surface area contributed by atoms with Crippen LogP contribution in [0.15, 0.2) is 48.6 Å². The van der Waals surface area contributed by atoms with Crippen molar-refractivity contribution in [3.05, 3.63) is 48.6 Å². The molecule has 15 nitrogen and oxygen atoms in total. The minimum Gasteiger partial charge on any atom is -0.462 e. The summed E-state index contributed by atoms with van der Waals surface area (Å²) >= 11 is 0. The lowest BCUT2D eigenvalue weighted by Crippen LogP contribution is -2.61. The molecule has 2 heterocycles. The summed E-state index contributed by atoms with van der Waals surface area (Å²) in [5.74, 6) is -0.942. The van der Waals surface area contributed by atoms with Crippen molar-refractivity contribution in [2.24, 2.45) is 0 Å². The van der Waals surface area contributed by atoms with Crippen LogP contribution < -0.4 is 0 Å². The van der Waals surface area contributed by atoms with Crippen LogP contribution in [0, 0.1) is 0 Å². The molecule has 2 aliphatic rings. The summed E-state index contributed by atoms with van der Waals surface area (Å²) in [5.41, 5.74) is 0. The van der Waals surface area contributed by atoms with Crippen LogP contribution in [0.25, 0.3) is 0 Å². The van der Waals surface area contributed by atoms with Crippen molar-refractivity contribution >= 4 is 11.9 Å². The molecule has 0 aliphatic carbocycles. The number of rotatable bonds is 44. The highest BCUT2D eigenvalue weighted by molar-refractivity contribution is 5.70. The van der Waals surface area contributed by atoms with Gasteiger partial charge in [0.25, 0.3) is 0 Å². The summed E-state index contributed by atoms with van der Waals surface area (Å²) < 4.78 is 33.7.